The second-order valence-corrected chi connectivity index (χ2v) is 13.6. The largest absolute Gasteiger partial charge is 0.400 e. The molecule has 0 aliphatic carbocycles. The number of aliphatic hydroxyl groups is 1. The Labute approximate surface area is 184 Å². The minimum Gasteiger partial charge on any atom is -0.400 e. The number of nitrogens with one attached hydrogen (secondary N) is 1. The number of benzene rings is 2. The van der Waals surface area contributed by atoms with Gasteiger partial charge in [0.25, 0.3) is 0 Å². The number of carbonyl (C=O) groups excluding carboxylic acids is 1. The Balaban J connectivity index is 0.00000176. The predicted molar refractivity (Wildman–Crippen MR) is 117 cm³/mol. The molecule has 2 amide bonds. The van der Waals surface area contributed by atoms with Crippen molar-refractivity contribution in [1.29, 1.82) is 0 Å². The van der Waals surface area contributed by atoms with E-state index in [1.807, 2.05) is 6.92 Å². The van der Waals surface area contributed by atoms with Gasteiger partial charge in [-0.25, -0.2) is 13.2 Å². The van der Waals surface area contributed by atoms with Crippen molar-refractivity contribution < 1.29 is 18.3 Å². The maximum Gasteiger partial charge on any atom is 0.324 e. The number of rotatable bonds is 4. The summed E-state index contributed by atoms with van der Waals surface area (Å²) in [4.78, 5) is 14.2. The summed E-state index contributed by atoms with van der Waals surface area (Å²) in [6.45, 7) is 2.27. The molecule has 2 aromatic carbocycles. The Morgan fingerprint density at radius 1 is 1.00 bits per heavy atom. The summed E-state index contributed by atoms with van der Waals surface area (Å²) in [7, 11) is -2.57. The third-order valence-corrected chi connectivity index (χ3v) is 6.41. The van der Waals surface area contributed by atoms with Gasteiger partial charge in [-0.1, -0.05) is 18.2 Å². The number of nitrogens with zero attached hydrogens (tertiary/aromatic N) is 1. The molecule has 0 fully saturated rings. The summed E-state index contributed by atoms with van der Waals surface area (Å²) in [6, 6.07) is 13.9. The Kier molecular flexibility index (Phi) is 9.43. The van der Waals surface area contributed by atoms with Gasteiger partial charge >= 0.3 is 6.03 Å². The number of aliphatic hydroxyl groups excluding tert-OH is 1. The number of sulfone groups is 1. The van der Waals surface area contributed by atoms with Crippen LogP contribution in [-0.2, 0) is 9.84 Å². The summed E-state index contributed by atoms with van der Waals surface area (Å²) in [5, 5.41) is 9.72. The highest BCUT2D eigenvalue weighted by Crippen LogP contribution is 2.37. The van der Waals surface area contributed by atoms with E-state index in [1.165, 1.54) is 17.0 Å². The first-order valence-electron chi connectivity index (χ1n) is 7.66. The molecule has 0 heterocycles. The van der Waals surface area contributed by atoms with E-state index in [-0.39, 0.29) is 15.8 Å². The van der Waals surface area contributed by atoms with Crippen LogP contribution in [0.25, 0.3) is 0 Å². The lowest BCUT2D eigenvalue weighted by Gasteiger charge is -2.29. The van der Waals surface area contributed by atoms with Gasteiger partial charge in [0.15, 0.2) is 0 Å². The molecule has 148 valence electrons. The van der Waals surface area contributed by atoms with Crippen LogP contribution < -0.4 is 5.32 Å². The van der Waals surface area contributed by atoms with Crippen molar-refractivity contribution in [2.45, 2.75) is 19.0 Å². The van der Waals surface area contributed by atoms with Crippen molar-refractivity contribution in [2.75, 3.05) is 19.0 Å². The SMILES string of the molecule is CCN(C(=O)Nc1ccc(S(=O)(=O)c2ccccc2)cc1)C(Br)(Br)Br.CO. The van der Waals surface area contributed by atoms with Crippen molar-refractivity contribution in [1.82, 2.24) is 4.90 Å². The Morgan fingerprint density at radius 3 is 1.93 bits per heavy atom. The highest BCUT2D eigenvalue weighted by Gasteiger charge is 2.30. The zero-order valence-electron chi connectivity index (χ0n) is 14.6. The molecule has 2 N–H and O–H groups in total. The quantitative estimate of drug-likeness (QED) is 0.399. The molecule has 0 aromatic heterocycles. The van der Waals surface area contributed by atoms with Gasteiger partial charge in [0.1, 0.15) is 0 Å². The maximum absolute atomic E-state index is 12.5. The van der Waals surface area contributed by atoms with E-state index in [9.17, 15) is 13.2 Å². The molecule has 0 aliphatic heterocycles. The van der Waals surface area contributed by atoms with Crippen LogP contribution in [0.3, 0.4) is 0 Å². The Bertz CT molecular complexity index is 839. The molecule has 0 aliphatic rings. The monoisotopic (exact) mass is 584 g/mol. The average Bonchev–Trinajstić information content (AvgIpc) is 2.64. The number of amides is 2. The minimum atomic E-state index is -3.57. The smallest absolute Gasteiger partial charge is 0.324 e. The van der Waals surface area contributed by atoms with Crippen LogP contribution in [-0.4, -0.2) is 40.4 Å². The molecule has 0 spiro atoms. The predicted octanol–water partition coefficient (Wildman–Crippen LogP) is 4.78. The van der Waals surface area contributed by atoms with E-state index in [0.717, 1.165) is 7.11 Å². The number of hydrogen-bond acceptors (Lipinski definition) is 4. The van der Waals surface area contributed by atoms with Gasteiger partial charge in [-0.15, -0.1) is 0 Å². The van der Waals surface area contributed by atoms with Crippen molar-refractivity contribution in [2.24, 2.45) is 0 Å². The fourth-order valence-electron chi connectivity index (χ4n) is 2.08. The third kappa shape index (κ3) is 6.56. The van der Waals surface area contributed by atoms with Gasteiger partial charge in [-0.3, -0.25) is 4.90 Å². The van der Waals surface area contributed by atoms with Crippen LogP contribution in [0.4, 0.5) is 10.5 Å². The first-order valence-corrected chi connectivity index (χ1v) is 11.5. The lowest BCUT2D eigenvalue weighted by Crippen LogP contribution is -2.42. The summed E-state index contributed by atoms with van der Waals surface area (Å²) >= 11 is 9.91. The molecule has 2 aromatic rings. The van der Waals surface area contributed by atoms with Crippen LogP contribution in [0.5, 0.6) is 0 Å². The second-order valence-electron chi connectivity index (χ2n) is 4.98. The molecule has 27 heavy (non-hydrogen) atoms. The van der Waals surface area contributed by atoms with Crippen LogP contribution in [0.15, 0.2) is 64.4 Å². The standard InChI is InChI=1S/C16H15Br3N2O3S.CH4O/c1-2-21(16(17,18)19)15(22)20-12-8-10-14(11-9-12)25(23,24)13-6-4-3-5-7-13;1-2/h3-11H,2H2,1H3,(H,20,22);2H,1H3. The number of carbonyl (C=O) groups is 1. The van der Waals surface area contributed by atoms with Gasteiger partial charge in [0.2, 0.25) is 12.1 Å². The van der Waals surface area contributed by atoms with Crippen LogP contribution in [0, 0.1) is 0 Å². The summed E-state index contributed by atoms with van der Waals surface area (Å²) in [6.07, 6.45) is 0. The fraction of sp³-hybridized carbons (Fsp3) is 0.235. The van der Waals surface area contributed by atoms with Crippen LogP contribution in [0.2, 0.25) is 0 Å². The van der Waals surface area contributed by atoms with Gasteiger partial charge in [0.05, 0.1) is 9.79 Å². The molecule has 0 atom stereocenters. The first kappa shape index (κ1) is 24.1. The number of hydrogen-bond donors (Lipinski definition) is 2. The molecular weight excluding hydrogens is 568 g/mol. The molecule has 0 saturated heterocycles. The topological polar surface area (TPSA) is 86.7 Å². The summed E-state index contributed by atoms with van der Waals surface area (Å²) in [5.41, 5.74) is 0.493. The van der Waals surface area contributed by atoms with E-state index < -0.39 is 12.1 Å². The number of anilines is 1. The van der Waals surface area contributed by atoms with Crippen molar-refractivity contribution in [3.05, 3.63) is 54.6 Å². The maximum atomic E-state index is 12.5. The van der Waals surface area contributed by atoms with Crippen molar-refractivity contribution >= 4 is 69.3 Å². The van der Waals surface area contributed by atoms with Crippen molar-refractivity contribution in [3.8, 4) is 0 Å². The number of halogens is 3. The highest BCUT2D eigenvalue weighted by atomic mass is 80.0. The summed E-state index contributed by atoms with van der Waals surface area (Å²) < 4.78 is 24.2. The zero-order valence-corrected chi connectivity index (χ0v) is 20.1. The summed E-state index contributed by atoms with van der Waals surface area (Å²) in [5.74, 6) is 0. The van der Waals surface area contributed by atoms with Gasteiger partial charge < -0.3 is 10.4 Å². The molecule has 6 nitrogen and oxygen atoms in total. The second kappa shape index (κ2) is 10.6. The number of alkyl halides is 3. The Morgan fingerprint density at radius 2 is 1.48 bits per heavy atom. The highest BCUT2D eigenvalue weighted by molar-refractivity contribution is 9.39. The van der Waals surface area contributed by atoms with E-state index in [1.54, 1.807) is 42.5 Å². The minimum absolute atomic E-state index is 0.167. The molecule has 2 rings (SSSR count). The first-order chi connectivity index (χ1) is 12.7. The van der Waals surface area contributed by atoms with Gasteiger partial charge in [0, 0.05) is 19.3 Å². The van der Waals surface area contributed by atoms with Gasteiger partial charge in [-0.2, -0.15) is 0 Å². The number of urea groups is 1. The van der Waals surface area contributed by atoms with E-state index in [4.69, 9.17) is 5.11 Å². The van der Waals surface area contributed by atoms with Crippen molar-refractivity contribution in [3.63, 3.8) is 0 Å². The van der Waals surface area contributed by atoms with Crippen LogP contribution in [0.1, 0.15) is 6.92 Å². The zero-order chi connectivity index (χ0) is 20.7. The molecular formula is C17H19Br3N2O4S. The molecule has 0 unspecified atom stereocenters. The Hall–Kier alpha value is -0.940. The van der Waals surface area contributed by atoms with E-state index in [2.05, 4.69) is 53.1 Å². The lowest BCUT2D eigenvalue weighted by atomic mass is 10.3. The lowest BCUT2D eigenvalue weighted by molar-refractivity contribution is 0.219. The fourth-order valence-corrected chi connectivity index (χ4v) is 4.60. The van der Waals surface area contributed by atoms with E-state index >= 15 is 0 Å². The average molecular weight is 587 g/mol. The molecule has 10 heteroatoms. The molecule has 0 radical (unpaired) electrons. The third-order valence-electron chi connectivity index (χ3n) is 3.34. The molecule has 0 bridgehead atoms. The van der Waals surface area contributed by atoms with Gasteiger partial charge in [-0.05, 0) is 91.1 Å². The normalized spacial score (nSPS) is 11.2. The van der Waals surface area contributed by atoms with E-state index in [0.29, 0.717) is 12.2 Å². The molecule has 0 saturated carbocycles. The van der Waals surface area contributed by atoms with Crippen LogP contribution >= 0.6 is 47.8 Å².